The molecular formula is C19H17ClN2O2S. The first kappa shape index (κ1) is 17.5. The van der Waals surface area contributed by atoms with Crippen LogP contribution in [0.2, 0.25) is 5.02 Å². The Labute approximate surface area is 155 Å². The zero-order valence-corrected chi connectivity index (χ0v) is 15.2. The van der Waals surface area contributed by atoms with Crippen molar-refractivity contribution in [2.24, 2.45) is 0 Å². The maximum absolute atomic E-state index is 12.5. The summed E-state index contributed by atoms with van der Waals surface area (Å²) >= 11 is 7.23. The lowest BCUT2D eigenvalue weighted by molar-refractivity contribution is 0.0951. The zero-order chi connectivity index (χ0) is 17.6. The van der Waals surface area contributed by atoms with Crippen molar-refractivity contribution in [3.05, 3.63) is 69.5 Å². The third-order valence-corrected chi connectivity index (χ3v) is 4.68. The van der Waals surface area contributed by atoms with Crippen molar-refractivity contribution in [2.75, 3.05) is 13.2 Å². The number of hydrogen-bond acceptors (Lipinski definition) is 4. The van der Waals surface area contributed by atoms with Crippen LogP contribution in [-0.2, 0) is 0 Å². The van der Waals surface area contributed by atoms with Gasteiger partial charge in [0.25, 0.3) is 5.91 Å². The predicted octanol–water partition coefficient (Wildman–Crippen LogP) is 4.58. The summed E-state index contributed by atoms with van der Waals surface area (Å²) in [5.74, 6) is 0.585. The van der Waals surface area contributed by atoms with Gasteiger partial charge in [0.1, 0.15) is 17.2 Å². The molecule has 128 valence electrons. The molecule has 1 aromatic heterocycles. The van der Waals surface area contributed by atoms with Gasteiger partial charge in [-0.2, -0.15) is 0 Å². The molecule has 4 nitrogen and oxygen atoms in total. The predicted molar refractivity (Wildman–Crippen MR) is 102 cm³/mol. The molecule has 0 spiro atoms. The molecule has 0 atom stereocenters. The van der Waals surface area contributed by atoms with E-state index < -0.39 is 0 Å². The van der Waals surface area contributed by atoms with Gasteiger partial charge in [0.05, 0.1) is 17.2 Å². The van der Waals surface area contributed by atoms with E-state index >= 15 is 0 Å². The van der Waals surface area contributed by atoms with Gasteiger partial charge < -0.3 is 10.1 Å². The highest BCUT2D eigenvalue weighted by Gasteiger charge is 2.17. The van der Waals surface area contributed by atoms with Gasteiger partial charge in [0, 0.05) is 10.6 Å². The number of nitrogens with one attached hydrogen (secondary N) is 1. The summed E-state index contributed by atoms with van der Waals surface area (Å²) in [6.07, 6.45) is 0. The van der Waals surface area contributed by atoms with Crippen LogP contribution in [-0.4, -0.2) is 24.0 Å². The second-order valence-electron chi connectivity index (χ2n) is 5.33. The number of hydrogen-bond donors (Lipinski definition) is 1. The summed E-state index contributed by atoms with van der Waals surface area (Å²) in [6, 6.07) is 16.8. The molecule has 6 heteroatoms. The highest BCUT2D eigenvalue weighted by Crippen LogP contribution is 2.27. The highest BCUT2D eigenvalue weighted by atomic mass is 35.5. The first-order valence-electron chi connectivity index (χ1n) is 7.83. The molecule has 1 amide bonds. The lowest BCUT2D eigenvalue weighted by Gasteiger charge is -2.08. The number of aromatic nitrogens is 1. The molecule has 0 aliphatic carbocycles. The number of carbonyl (C=O) groups excluding carboxylic acids is 1. The van der Waals surface area contributed by atoms with Crippen molar-refractivity contribution in [1.29, 1.82) is 0 Å². The number of rotatable bonds is 6. The quantitative estimate of drug-likeness (QED) is 0.644. The molecule has 0 bridgehead atoms. The third-order valence-electron chi connectivity index (χ3n) is 3.46. The molecule has 3 aromatic rings. The summed E-state index contributed by atoms with van der Waals surface area (Å²) < 4.78 is 5.58. The minimum atomic E-state index is -0.135. The Kier molecular flexibility index (Phi) is 5.68. The third kappa shape index (κ3) is 4.59. The van der Waals surface area contributed by atoms with Crippen molar-refractivity contribution in [3.63, 3.8) is 0 Å². The van der Waals surface area contributed by atoms with Crippen molar-refractivity contribution in [1.82, 2.24) is 10.3 Å². The van der Waals surface area contributed by atoms with Crippen LogP contribution in [0.3, 0.4) is 0 Å². The van der Waals surface area contributed by atoms with Gasteiger partial charge in [-0.1, -0.05) is 41.9 Å². The minimum absolute atomic E-state index is 0.135. The first-order chi connectivity index (χ1) is 12.1. The number of nitrogens with zero attached hydrogens (tertiary/aromatic N) is 1. The van der Waals surface area contributed by atoms with Crippen LogP contribution < -0.4 is 10.1 Å². The summed E-state index contributed by atoms with van der Waals surface area (Å²) in [6.45, 7) is 2.69. The standard InChI is InChI=1S/C19H17ClN2O2S/c1-13-22-17(14-5-3-2-4-6-14)18(25-13)19(23)21-11-12-24-16-9-7-15(20)8-10-16/h2-10H,11-12H2,1H3,(H,21,23). The molecule has 0 aliphatic heterocycles. The van der Waals surface area contributed by atoms with E-state index in [0.717, 1.165) is 22.0 Å². The van der Waals surface area contributed by atoms with E-state index in [1.807, 2.05) is 37.3 Å². The zero-order valence-electron chi connectivity index (χ0n) is 13.7. The van der Waals surface area contributed by atoms with Crippen LogP contribution in [0, 0.1) is 6.92 Å². The Morgan fingerprint density at radius 3 is 2.60 bits per heavy atom. The Bertz CT molecular complexity index is 848. The molecule has 0 unspecified atom stereocenters. The molecule has 0 aliphatic rings. The van der Waals surface area contributed by atoms with Crippen molar-refractivity contribution in [2.45, 2.75) is 6.92 Å². The largest absolute Gasteiger partial charge is 0.492 e. The van der Waals surface area contributed by atoms with Gasteiger partial charge in [0.2, 0.25) is 0 Å². The van der Waals surface area contributed by atoms with Gasteiger partial charge >= 0.3 is 0 Å². The Balaban J connectivity index is 1.59. The number of amides is 1. The lowest BCUT2D eigenvalue weighted by Crippen LogP contribution is -2.27. The number of carbonyl (C=O) groups is 1. The number of thiazole rings is 1. The van der Waals surface area contributed by atoms with E-state index in [9.17, 15) is 4.79 Å². The number of benzene rings is 2. The van der Waals surface area contributed by atoms with E-state index in [1.165, 1.54) is 11.3 Å². The first-order valence-corrected chi connectivity index (χ1v) is 9.02. The molecule has 1 N–H and O–H groups in total. The van der Waals surface area contributed by atoms with Crippen LogP contribution in [0.5, 0.6) is 5.75 Å². The summed E-state index contributed by atoms with van der Waals surface area (Å²) in [5.41, 5.74) is 1.66. The lowest BCUT2D eigenvalue weighted by atomic mass is 10.1. The van der Waals surface area contributed by atoms with E-state index in [4.69, 9.17) is 16.3 Å². The van der Waals surface area contributed by atoms with Gasteiger partial charge in [-0.3, -0.25) is 4.79 Å². The van der Waals surface area contributed by atoms with Crippen LogP contribution in [0.4, 0.5) is 0 Å². The van der Waals surface area contributed by atoms with Crippen molar-refractivity contribution >= 4 is 28.8 Å². The average molecular weight is 373 g/mol. The number of aryl methyl sites for hydroxylation is 1. The van der Waals surface area contributed by atoms with Crippen LogP contribution in [0.25, 0.3) is 11.3 Å². The molecule has 0 fully saturated rings. The maximum atomic E-state index is 12.5. The monoisotopic (exact) mass is 372 g/mol. The van der Waals surface area contributed by atoms with E-state index in [1.54, 1.807) is 24.3 Å². The van der Waals surface area contributed by atoms with Crippen molar-refractivity contribution < 1.29 is 9.53 Å². The fourth-order valence-corrected chi connectivity index (χ4v) is 3.30. The number of ether oxygens (including phenoxy) is 1. The van der Waals surface area contributed by atoms with Crippen LogP contribution >= 0.6 is 22.9 Å². The fraction of sp³-hybridized carbons (Fsp3) is 0.158. The highest BCUT2D eigenvalue weighted by molar-refractivity contribution is 7.14. The van der Waals surface area contributed by atoms with E-state index in [2.05, 4.69) is 10.3 Å². The average Bonchev–Trinajstić information content (AvgIpc) is 3.03. The SMILES string of the molecule is Cc1nc(-c2ccccc2)c(C(=O)NCCOc2ccc(Cl)cc2)s1. The van der Waals surface area contributed by atoms with Gasteiger partial charge in [-0.15, -0.1) is 11.3 Å². The number of halogens is 1. The molecular weight excluding hydrogens is 356 g/mol. The molecule has 0 saturated carbocycles. The maximum Gasteiger partial charge on any atom is 0.263 e. The summed E-state index contributed by atoms with van der Waals surface area (Å²) in [7, 11) is 0. The Hall–Kier alpha value is -2.37. The van der Waals surface area contributed by atoms with Crippen LogP contribution in [0.15, 0.2) is 54.6 Å². The molecule has 25 heavy (non-hydrogen) atoms. The Morgan fingerprint density at radius 1 is 1.16 bits per heavy atom. The van der Waals surface area contributed by atoms with Crippen molar-refractivity contribution in [3.8, 4) is 17.0 Å². The molecule has 3 rings (SSSR count). The topological polar surface area (TPSA) is 51.2 Å². The van der Waals surface area contributed by atoms with Crippen LogP contribution in [0.1, 0.15) is 14.7 Å². The normalized spacial score (nSPS) is 10.5. The molecule has 2 aromatic carbocycles. The minimum Gasteiger partial charge on any atom is -0.492 e. The van der Waals surface area contributed by atoms with Gasteiger partial charge in [0.15, 0.2) is 0 Å². The smallest absolute Gasteiger partial charge is 0.263 e. The van der Waals surface area contributed by atoms with E-state index in [0.29, 0.717) is 23.1 Å². The molecule has 0 radical (unpaired) electrons. The van der Waals surface area contributed by atoms with Gasteiger partial charge in [-0.05, 0) is 31.2 Å². The fourth-order valence-electron chi connectivity index (χ4n) is 2.32. The van der Waals surface area contributed by atoms with Gasteiger partial charge in [-0.25, -0.2) is 4.98 Å². The van der Waals surface area contributed by atoms with E-state index in [-0.39, 0.29) is 5.91 Å². The second kappa shape index (κ2) is 8.14. The summed E-state index contributed by atoms with van der Waals surface area (Å²) in [4.78, 5) is 17.6. The Morgan fingerprint density at radius 2 is 1.88 bits per heavy atom. The molecule has 1 heterocycles. The molecule has 0 saturated heterocycles. The summed E-state index contributed by atoms with van der Waals surface area (Å²) in [5, 5.41) is 4.41. The second-order valence-corrected chi connectivity index (χ2v) is 6.97.